The number of nitrogens with zero attached hydrogens (tertiary/aromatic N) is 1. The summed E-state index contributed by atoms with van der Waals surface area (Å²) in [5.41, 5.74) is 0.350. The van der Waals surface area contributed by atoms with E-state index in [-0.39, 0.29) is 5.91 Å². The Hall–Kier alpha value is -1.09. The van der Waals surface area contributed by atoms with Gasteiger partial charge in [0.15, 0.2) is 0 Å². The lowest BCUT2D eigenvalue weighted by Crippen LogP contribution is -2.23. The van der Waals surface area contributed by atoms with Gasteiger partial charge in [0.1, 0.15) is 5.69 Å². The molecule has 0 atom stereocenters. The quantitative estimate of drug-likeness (QED) is 0.751. The highest BCUT2D eigenvalue weighted by Crippen LogP contribution is 2.05. The summed E-state index contributed by atoms with van der Waals surface area (Å²) in [5, 5.41) is 3.04. The van der Waals surface area contributed by atoms with Gasteiger partial charge >= 0.3 is 0 Å². The van der Waals surface area contributed by atoms with E-state index in [1.807, 2.05) is 0 Å². The highest BCUT2D eigenvalue weighted by atomic mass is 35.5. The molecule has 0 fully saturated rings. The smallest absolute Gasteiger partial charge is 0.269 e. The van der Waals surface area contributed by atoms with E-state index >= 15 is 0 Å². The zero-order chi connectivity index (χ0) is 8.97. The molecule has 1 heterocycles. The molecule has 1 rings (SSSR count). The first-order valence-electron chi connectivity index (χ1n) is 3.43. The number of hydrogen-bond acceptors (Lipinski definition) is 2. The molecule has 3 nitrogen and oxygen atoms in total. The van der Waals surface area contributed by atoms with Gasteiger partial charge in [-0.15, -0.1) is 0 Å². The van der Waals surface area contributed by atoms with E-state index in [9.17, 15) is 4.79 Å². The summed E-state index contributed by atoms with van der Waals surface area (Å²) in [6.45, 7) is 3.83. The summed E-state index contributed by atoms with van der Waals surface area (Å²) in [6, 6.07) is 3.18. The minimum atomic E-state index is -0.235. The second-order valence-electron chi connectivity index (χ2n) is 2.12. The average molecular weight is 184 g/mol. The monoisotopic (exact) mass is 183 g/mol. The molecule has 1 radical (unpaired) electrons. The standard InChI is InChI=1S/C8H8ClN2O/c1-2-10-8(12)7-4-3-6(9)5-11-7/h3-5H,1-2H2,(H,10,12). The second-order valence-corrected chi connectivity index (χ2v) is 2.55. The first-order chi connectivity index (χ1) is 5.74. The number of nitrogens with one attached hydrogen (secondary N) is 1. The summed E-state index contributed by atoms with van der Waals surface area (Å²) in [6.07, 6.45) is 1.43. The third-order valence-electron chi connectivity index (χ3n) is 1.25. The molecule has 0 aromatic carbocycles. The predicted molar refractivity (Wildman–Crippen MR) is 46.9 cm³/mol. The molecule has 0 aliphatic carbocycles. The molecule has 0 spiro atoms. The van der Waals surface area contributed by atoms with E-state index in [0.717, 1.165) is 0 Å². The molecular formula is C8H8ClN2O. The third-order valence-corrected chi connectivity index (χ3v) is 1.47. The maximum Gasteiger partial charge on any atom is 0.269 e. The molecule has 12 heavy (non-hydrogen) atoms. The maximum absolute atomic E-state index is 11.1. The number of aromatic nitrogens is 1. The van der Waals surface area contributed by atoms with Crippen LogP contribution >= 0.6 is 11.6 Å². The van der Waals surface area contributed by atoms with Crippen molar-refractivity contribution in [1.29, 1.82) is 0 Å². The topological polar surface area (TPSA) is 42.0 Å². The fourth-order valence-corrected chi connectivity index (χ4v) is 0.826. The van der Waals surface area contributed by atoms with Crippen LogP contribution in [0.25, 0.3) is 0 Å². The minimum absolute atomic E-state index is 0.235. The Morgan fingerprint density at radius 1 is 1.67 bits per heavy atom. The van der Waals surface area contributed by atoms with Gasteiger partial charge in [0.05, 0.1) is 5.02 Å². The van der Waals surface area contributed by atoms with Gasteiger partial charge in [0.2, 0.25) is 0 Å². The molecule has 0 saturated carbocycles. The van der Waals surface area contributed by atoms with E-state index in [1.165, 1.54) is 6.20 Å². The van der Waals surface area contributed by atoms with Gasteiger partial charge in [-0.25, -0.2) is 4.98 Å². The number of pyridine rings is 1. The molecule has 4 heteroatoms. The molecular weight excluding hydrogens is 176 g/mol. The van der Waals surface area contributed by atoms with Crippen molar-refractivity contribution in [2.75, 3.05) is 6.54 Å². The van der Waals surface area contributed by atoms with Crippen molar-refractivity contribution in [3.8, 4) is 0 Å². The van der Waals surface area contributed by atoms with Crippen molar-refractivity contribution in [3.05, 3.63) is 36.0 Å². The van der Waals surface area contributed by atoms with Crippen molar-refractivity contribution >= 4 is 17.5 Å². The van der Waals surface area contributed by atoms with Crippen molar-refractivity contribution in [2.24, 2.45) is 0 Å². The predicted octanol–water partition coefficient (Wildman–Crippen LogP) is 1.30. The second kappa shape index (κ2) is 4.07. The van der Waals surface area contributed by atoms with Gasteiger partial charge < -0.3 is 5.32 Å². The number of carbonyl (C=O) groups is 1. The lowest BCUT2D eigenvalue weighted by molar-refractivity contribution is 0.0953. The fraction of sp³-hybridized carbons (Fsp3) is 0.125. The largest absolute Gasteiger partial charge is 0.351 e. The van der Waals surface area contributed by atoms with Crippen LogP contribution in [-0.4, -0.2) is 17.4 Å². The Bertz CT molecular complexity index is 271. The Morgan fingerprint density at radius 3 is 2.92 bits per heavy atom. The van der Waals surface area contributed by atoms with Crippen molar-refractivity contribution in [1.82, 2.24) is 10.3 Å². The van der Waals surface area contributed by atoms with E-state index in [1.54, 1.807) is 12.1 Å². The van der Waals surface area contributed by atoms with Crippen LogP contribution in [0.1, 0.15) is 10.5 Å². The van der Waals surface area contributed by atoms with Gasteiger partial charge in [0.25, 0.3) is 5.91 Å². The molecule has 0 aliphatic rings. The van der Waals surface area contributed by atoms with Crippen LogP contribution in [0.5, 0.6) is 0 Å². The van der Waals surface area contributed by atoms with Crippen LogP contribution in [0, 0.1) is 6.92 Å². The lowest BCUT2D eigenvalue weighted by atomic mass is 10.3. The molecule has 1 aromatic rings. The SMILES string of the molecule is [CH2]CNC(=O)c1ccc(Cl)cn1. The lowest BCUT2D eigenvalue weighted by Gasteiger charge is -1.99. The molecule has 63 valence electrons. The van der Waals surface area contributed by atoms with Gasteiger partial charge in [-0.3, -0.25) is 4.79 Å². The first kappa shape index (κ1) is 9.00. The normalized spacial score (nSPS) is 9.50. The van der Waals surface area contributed by atoms with Crippen molar-refractivity contribution in [3.63, 3.8) is 0 Å². The van der Waals surface area contributed by atoms with E-state index < -0.39 is 0 Å². The number of halogens is 1. The van der Waals surface area contributed by atoms with Crippen molar-refractivity contribution in [2.45, 2.75) is 0 Å². The zero-order valence-corrected chi connectivity index (χ0v) is 7.14. The molecule has 1 aromatic heterocycles. The maximum atomic E-state index is 11.1. The average Bonchev–Trinajstić information content (AvgIpc) is 2.06. The van der Waals surface area contributed by atoms with Gasteiger partial charge in [-0.1, -0.05) is 11.6 Å². The Morgan fingerprint density at radius 2 is 2.42 bits per heavy atom. The molecule has 0 bridgehead atoms. The van der Waals surface area contributed by atoms with Gasteiger partial charge in [-0.05, 0) is 19.1 Å². The van der Waals surface area contributed by atoms with Crippen LogP contribution in [0.15, 0.2) is 18.3 Å². The van der Waals surface area contributed by atoms with Gasteiger partial charge in [0, 0.05) is 12.7 Å². The van der Waals surface area contributed by atoms with Crippen LogP contribution in [0.3, 0.4) is 0 Å². The number of hydrogen-bond donors (Lipinski definition) is 1. The molecule has 1 N–H and O–H groups in total. The van der Waals surface area contributed by atoms with E-state index in [0.29, 0.717) is 17.3 Å². The van der Waals surface area contributed by atoms with Gasteiger partial charge in [-0.2, -0.15) is 0 Å². The fourth-order valence-electron chi connectivity index (χ4n) is 0.714. The summed E-state index contributed by atoms with van der Waals surface area (Å²) < 4.78 is 0. The Kier molecular flexibility index (Phi) is 3.05. The molecule has 1 amide bonds. The highest BCUT2D eigenvalue weighted by molar-refractivity contribution is 6.30. The van der Waals surface area contributed by atoms with Crippen LogP contribution in [-0.2, 0) is 0 Å². The number of carbonyl (C=O) groups excluding carboxylic acids is 1. The first-order valence-corrected chi connectivity index (χ1v) is 3.81. The molecule has 0 unspecified atom stereocenters. The van der Waals surface area contributed by atoms with Crippen LogP contribution in [0.2, 0.25) is 5.02 Å². The van der Waals surface area contributed by atoms with Crippen molar-refractivity contribution < 1.29 is 4.79 Å². The van der Waals surface area contributed by atoms with E-state index in [4.69, 9.17) is 11.6 Å². The van der Waals surface area contributed by atoms with E-state index in [2.05, 4.69) is 17.2 Å². The summed E-state index contributed by atoms with van der Waals surface area (Å²) >= 11 is 5.59. The van der Waals surface area contributed by atoms with Crippen LogP contribution < -0.4 is 5.32 Å². The Balaban J connectivity index is 2.75. The Labute approximate surface area is 75.8 Å². The third kappa shape index (κ3) is 2.20. The number of rotatable bonds is 2. The summed E-state index contributed by atoms with van der Waals surface area (Å²) in [4.78, 5) is 14.9. The summed E-state index contributed by atoms with van der Waals surface area (Å²) in [5.74, 6) is -0.235. The van der Waals surface area contributed by atoms with Crippen LogP contribution in [0.4, 0.5) is 0 Å². The minimum Gasteiger partial charge on any atom is -0.351 e. The highest BCUT2D eigenvalue weighted by Gasteiger charge is 2.03. The number of amides is 1. The molecule has 0 aliphatic heterocycles. The molecule has 0 saturated heterocycles. The summed E-state index contributed by atoms with van der Waals surface area (Å²) in [7, 11) is 0. The zero-order valence-electron chi connectivity index (χ0n) is 6.38.